The lowest BCUT2D eigenvalue weighted by Crippen LogP contribution is -2.44. The molecule has 3 amide bonds. The van der Waals surface area contributed by atoms with Gasteiger partial charge in [0.2, 0.25) is 5.91 Å². The zero-order valence-electron chi connectivity index (χ0n) is 16.1. The number of amides is 3. The van der Waals surface area contributed by atoms with Gasteiger partial charge in [0.05, 0.1) is 6.54 Å². The number of nitrogens with one attached hydrogen (secondary N) is 2. The number of carbonyl (C=O) groups excluding carboxylic acids is 2. The van der Waals surface area contributed by atoms with Crippen molar-refractivity contribution in [2.75, 3.05) is 38.6 Å². The van der Waals surface area contributed by atoms with Crippen molar-refractivity contribution in [3.63, 3.8) is 0 Å². The van der Waals surface area contributed by atoms with Crippen LogP contribution < -0.4 is 15.5 Å². The molecular weight excluding hydrogens is 316 g/mol. The fraction of sp³-hybridized carbons (Fsp3) is 0.579. The lowest BCUT2D eigenvalue weighted by atomic mass is 10.1. The van der Waals surface area contributed by atoms with Crippen LogP contribution in [0, 0.1) is 5.92 Å². The summed E-state index contributed by atoms with van der Waals surface area (Å²) in [6.07, 6.45) is 0.894. The fourth-order valence-corrected chi connectivity index (χ4v) is 2.33. The highest BCUT2D eigenvalue weighted by Crippen LogP contribution is 2.13. The average molecular weight is 348 g/mol. The molecule has 0 saturated heterocycles. The molecule has 0 aliphatic carbocycles. The first kappa shape index (κ1) is 21.0. The van der Waals surface area contributed by atoms with Gasteiger partial charge in [-0.25, -0.2) is 4.79 Å². The highest BCUT2D eigenvalue weighted by Gasteiger charge is 2.12. The van der Waals surface area contributed by atoms with Crippen LogP contribution in [0.15, 0.2) is 24.3 Å². The van der Waals surface area contributed by atoms with Gasteiger partial charge < -0.3 is 10.2 Å². The van der Waals surface area contributed by atoms with Crippen LogP contribution in [0.3, 0.4) is 0 Å². The molecule has 1 aromatic carbocycles. The van der Waals surface area contributed by atoms with Gasteiger partial charge in [0, 0.05) is 32.9 Å². The molecule has 0 heterocycles. The van der Waals surface area contributed by atoms with Crippen LogP contribution >= 0.6 is 0 Å². The van der Waals surface area contributed by atoms with Gasteiger partial charge in [-0.15, -0.1) is 0 Å². The lowest BCUT2D eigenvalue weighted by Gasteiger charge is -2.20. The van der Waals surface area contributed by atoms with E-state index in [2.05, 4.69) is 48.7 Å². The highest BCUT2D eigenvalue weighted by atomic mass is 16.2. The molecule has 2 N–H and O–H groups in total. The molecule has 0 aliphatic rings. The Morgan fingerprint density at radius 2 is 1.76 bits per heavy atom. The van der Waals surface area contributed by atoms with Crippen LogP contribution in [0.2, 0.25) is 0 Å². The number of carbonyl (C=O) groups is 2. The van der Waals surface area contributed by atoms with Crippen molar-refractivity contribution in [3.8, 4) is 0 Å². The second-order valence-electron chi connectivity index (χ2n) is 6.85. The summed E-state index contributed by atoms with van der Waals surface area (Å²) in [6.45, 7) is 8.37. The van der Waals surface area contributed by atoms with E-state index in [9.17, 15) is 9.59 Å². The SMILES string of the molecule is CCN(CC(=O)NC(=O)NCCC(C)C)Cc1ccc(N(C)C)cc1. The number of hydrogen-bond donors (Lipinski definition) is 2. The van der Waals surface area contributed by atoms with E-state index in [4.69, 9.17) is 0 Å². The van der Waals surface area contributed by atoms with Gasteiger partial charge in [0.25, 0.3) is 0 Å². The third kappa shape index (κ3) is 8.54. The van der Waals surface area contributed by atoms with E-state index in [1.54, 1.807) is 0 Å². The first-order chi connectivity index (χ1) is 11.8. The third-order valence-corrected chi connectivity index (χ3v) is 3.93. The van der Waals surface area contributed by atoms with E-state index >= 15 is 0 Å². The summed E-state index contributed by atoms with van der Waals surface area (Å²) < 4.78 is 0. The number of hydrogen-bond acceptors (Lipinski definition) is 4. The van der Waals surface area contributed by atoms with E-state index in [1.807, 2.05) is 30.8 Å². The number of likely N-dealkylation sites (N-methyl/N-ethyl adjacent to an activating group) is 1. The van der Waals surface area contributed by atoms with Crippen LogP contribution in [0.1, 0.15) is 32.8 Å². The Hall–Kier alpha value is -2.08. The van der Waals surface area contributed by atoms with Crippen LogP contribution in [0.25, 0.3) is 0 Å². The summed E-state index contributed by atoms with van der Waals surface area (Å²) in [6, 6.07) is 7.83. The van der Waals surface area contributed by atoms with Crippen molar-refractivity contribution in [2.45, 2.75) is 33.7 Å². The molecule has 0 radical (unpaired) electrons. The maximum atomic E-state index is 12.0. The van der Waals surface area contributed by atoms with E-state index < -0.39 is 6.03 Å². The molecule has 6 heteroatoms. The van der Waals surface area contributed by atoms with Gasteiger partial charge >= 0.3 is 6.03 Å². The number of anilines is 1. The number of benzene rings is 1. The Kier molecular flexibility index (Phi) is 8.99. The fourth-order valence-electron chi connectivity index (χ4n) is 2.33. The molecule has 0 bridgehead atoms. The van der Waals surface area contributed by atoms with Crippen LogP contribution in [-0.4, -0.2) is 50.6 Å². The minimum Gasteiger partial charge on any atom is -0.378 e. The molecule has 0 aromatic heterocycles. The van der Waals surface area contributed by atoms with Gasteiger partial charge in [-0.1, -0.05) is 32.9 Å². The monoisotopic (exact) mass is 348 g/mol. The van der Waals surface area contributed by atoms with Gasteiger partial charge in [-0.2, -0.15) is 0 Å². The Bertz CT molecular complexity index is 541. The Balaban J connectivity index is 2.43. The quantitative estimate of drug-likeness (QED) is 0.719. The van der Waals surface area contributed by atoms with Crippen molar-refractivity contribution in [3.05, 3.63) is 29.8 Å². The lowest BCUT2D eigenvalue weighted by molar-refractivity contribution is -0.121. The number of imide groups is 1. The molecule has 0 spiro atoms. The molecule has 0 unspecified atom stereocenters. The van der Waals surface area contributed by atoms with E-state index in [0.29, 0.717) is 19.0 Å². The molecule has 0 atom stereocenters. The second-order valence-corrected chi connectivity index (χ2v) is 6.85. The van der Waals surface area contributed by atoms with Crippen molar-refractivity contribution in [2.24, 2.45) is 5.92 Å². The molecule has 6 nitrogen and oxygen atoms in total. The minimum absolute atomic E-state index is 0.198. The van der Waals surface area contributed by atoms with Gasteiger partial charge in [-0.3, -0.25) is 15.0 Å². The van der Waals surface area contributed by atoms with Crippen LogP contribution in [0.4, 0.5) is 10.5 Å². The van der Waals surface area contributed by atoms with Crippen LogP contribution in [-0.2, 0) is 11.3 Å². The smallest absolute Gasteiger partial charge is 0.321 e. The Labute approximate surface area is 151 Å². The van der Waals surface area contributed by atoms with E-state index in [1.165, 1.54) is 0 Å². The molecule has 0 fully saturated rings. The van der Waals surface area contributed by atoms with Gasteiger partial charge in [-0.05, 0) is 36.6 Å². The average Bonchev–Trinajstić information content (AvgIpc) is 2.54. The number of nitrogens with zero attached hydrogens (tertiary/aromatic N) is 2. The highest BCUT2D eigenvalue weighted by molar-refractivity contribution is 5.95. The largest absolute Gasteiger partial charge is 0.378 e. The molecule has 25 heavy (non-hydrogen) atoms. The zero-order valence-corrected chi connectivity index (χ0v) is 16.1. The van der Waals surface area contributed by atoms with Crippen molar-refractivity contribution in [1.82, 2.24) is 15.5 Å². The predicted molar refractivity (Wildman–Crippen MR) is 103 cm³/mol. The minimum atomic E-state index is -0.419. The van der Waals surface area contributed by atoms with Gasteiger partial charge in [0.15, 0.2) is 0 Å². The van der Waals surface area contributed by atoms with Crippen LogP contribution in [0.5, 0.6) is 0 Å². The Morgan fingerprint density at radius 3 is 2.28 bits per heavy atom. The predicted octanol–water partition coefficient (Wildman–Crippen LogP) is 2.45. The first-order valence-electron chi connectivity index (χ1n) is 8.88. The molecular formula is C19H32N4O2. The van der Waals surface area contributed by atoms with Crippen molar-refractivity contribution in [1.29, 1.82) is 0 Å². The summed E-state index contributed by atoms with van der Waals surface area (Å²) in [5.41, 5.74) is 2.28. The second kappa shape index (κ2) is 10.7. The van der Waals surface area contributed by atoms with Crippen molar-refractivity contribution < 1.29 is 9.59 Å². The number of rotatable bonds is 9. The maximum absolute atomic E-state index is 12.0. The third-order valence-electron chi connectivity index (χ3n) is 3.93. The van der Waals surface area contributed by atoms with Gasteiger partial charge in [0.1, 0.15) is 0 Å². The summed E-state index contributed by atoms with van der Waals surface area (Å²) in [5.74, 6) is 0.235. The van der Waals surface area contributed by atoms with E-state index in [-0.39, 0.29) is 12.5 Å². The maximum Gasteiger partial charge on any atom is 0.321 e. The normalized spacial score (nSPS) is 10.8. The van der Waals surface area contributed by atoms with E-state index in [0.717, 1.165) is 24.2 Å². The zero-order chi connectivity index (χ0) is 18.8. The molecule has 140 valence electrons. The standard InChI is InChI=1S/C19H32N4O2/c1-6-23(13-16-7-9-17(10-8-16)22(4)5)14-18(24)21-19(25)20-12-11-15(2)3/h7-10,15H,6,11-14H2,1-5H3,(H2,20,21,24,25). The number of urea groups is 1. The summed E-state index contributed by atoms with van der Waals surface area (Å²) in [7, 11) is 4.01. The summed E-state index contributed by atoms with van der Waals surface area (Å²) in [5, 5.41) is 5.10. The molecule has 1 aromatic rings. The summed E-state index contributed by atoms with van der Waals surface area (Å²) >= 11 is 0. The van der Waals surface area contributed by atoms with Crippen molar-refractivity contribution >= 4 is 17.6 Å². The molecule has 0 aliphatic heterocycles. The topological polar surface area (TPSA) is 64.7 Å². The first-order valence-corrected chi connectivity index (χ1v) is 8.88. The molecule has 1 rings (SSSR count). The summed E-state index contributed by atoms with van der Waals surface area (Å²) in [4.78, 5) is 27.8. The Morgan fingerprint density at radius 1 is 1.12 bits per heavy atom. The molecule has 0 saturated carbocycles.